The monoisotopic (exact) mass is 419 g/mol. The second kappa shape index (κ2) is 8.36. The third-order valence-electron chi connectivity index (χ3n) is 4.72. The van der Waals surface area contributed by atoms with Crippen LogP contribution in [0.15, 0.2) is 22.5 Å². The van der Waals surface area contributed by atoms with Crippen molar-refractivity contribution in [3.63, 3.8) is 0 Å². The second-order valence-corrected chi connectivity index (χ2v) is 7.05. The van der Waals surface area contributed by atoms with E-state index in [9.17, 15) is 0 Å². The number of likely N-dealkylation sites (tertiary alicyclic amines) is 1. The Kier molecular flexibility index (Phi) is 6.79. The number of hydrogen-bond acceptors (Lipinski definition) is 2. The molecule has 2 aliphatic rings. The maximum atomic E-state index is 4.48. The molecule has 1 aromatic heterocycles. The van der Waals surface area contributed by atoms with Crippen LogP contribution in [0.5, 0.6) is 0 Å². The lowest BCUT2D eigenvalue weighted by Gasteiger charge is -2.22. The van der Waals surface area contributed by atoms with Gasteiger partial charge in [-0.2, -0.15) is 0 Å². The van der Waals surface area contributed by atoms with Gasteiger partial charge in [-0.3, -0.25) is 4.99 Å². The van der Waals surface area contributed by atoms with Gasteiger partial charge in [0.2, 0.25) is 0 Å². The molecule has 5 heteroatoms. The van der Waals surface area contributed by atoms with E-state index < -0.39 is 0 Å². The molecule has 0 spiro atoms. The predicted molar refractivity (Wildman–Crippen MR) is 102 cm³/mol. The Morgan fingerprint density at radius 1 is 1.33 bits per heavy atom. The summed E-state index contributed by atoms with van der Waals surface area (Å²) in [5.74, 6) is 2.94. The number of thiophene rings is 1. The van der Waals surface area contributed by atoms with Crippen molar-refractivity contribution in [2.75, 3.05) is 26.7 Å². The van der Waals surface area contributed by atoms with Gasteiger partial charge in [0.1, 0.15) is 0 Å². The fraction of sp³-hybridized carbons (Fsp3) is 0.688. The molecule has 2 unspecified atom stereocenters. The minimum atomic E-state index is 0. The molecule has 0 amide bonds. The molecule has 2 fully saturated rings. The molecule has 118 valence electrons. The van der Waals surface area contributed by atoms with Crippen LogP contribution in [0.1, 0.15) is 30.6 Å². The van der Waals surface area contributed by atoms with Crippen molar-refractivity contribution in [1.29, 1.82) is 0 Å². The van der Waals surface area contributed by atoms with Gasteiger partial charge in [-0.25, -0.2) is 0 Å². The first kappa shape index (κ1) is 17.1. The van der Waals surface area contributed by atoms with E-state index in [1.807, 2.05) is 18.4 Å². The molecule has 2 heterocycles. The van der Waals surface area contributed by atoms with Crippen LogP contribution in [0.3, 0.4) is 0 Å². The number of nitrogens with one attached hydrogen (secondary N) is 1. The van der Waals surface area contributed by atoms with Crippen LogP contribution >= 0.6 is 35.3 Å². The fourth-order valence-corrected chi connectivity index (χ4v) is 4.37. The Hall–Kier alpha value is -0.300. The number of nitrogens with zero attached hydrogens (tertiary/aromatic N) is 2. The van der Waals surface area contributed by atoms with E-state index in [0.717, 1.165) is 30.8 Å². The zero-order valence-electron chi connectivity index (χ0n) is 12.8. The zero-order chi connectivity index (χ0) is 13.8. The molecular formula is C16H26IN3S. The third-order valence-corrected chi connectivity index (χ3v) is 5.66. The minimum Gasteiger partial charge on any atom is -0.356 e. The van der Waals surface area contributed by atoms with E-state index in [4.69, 9.17) is 0 Å². The molecule has 0 radical (unpaired) electrons. The van der Waals surface area contributed by atoms with Crippen LogP contribution < -0.4 is 5.32 Å². The summed E-state index contributed by atoms with van der Waals surface area (Å²) in [7, 11) is 1.91. The summed E-state index contributed by atoms with van der Waals surface area (Å²) in [6, 6.07) is 4.33. The summed E-state index contributed by atoms with van der Waals surface area (Å²) < 4.78 is 0. The zero-order valence-corrected chi connectivity index (χ0v) is 15.9. The summed E-state index contributed by atoms with van der Waals surface area (Å²) >= 11 is 1.84. The maximum absolute atomic E-state index is 4.48. The first-order valence-electron chi connectivity index (χ1n) is 7.85. The van der Waals surface area contributed by atoms with E-state index in [1.54, 1.807) is 0 Å². The molecule has 0 bridgehead atoms. The Morgan fingerprint density at radius 3 is 2.62 bits per heavy atom. The van der Waals surface area contributed by atoms with Crippen LogP contribution in [0, 0.1) is 11.8 Å². The molecule has 1 aliphatic heterocycles. The van der Waals surface area contributed by atoms with Gasteiger partial charge in [-0.05, 0) is 42.5 Å². The number of fused-ring (bicyclic) bond motifs is 1. The maximum Gasteiger partial charge on any atom is 0.193 e. The molecule has 2 atom stereocenters. The van der Waals surface area contributed by atoms with Gasteiger partial charge in [0.15, 0.2) is 5.96 Å². The molecule has 1 saturated heterocycles. The van der Waals surface area contributed by atoms with Crippen molar-refractivity contribution >= 4 is 41.3 Å². The average Bonchev–Trinajstić information content (AvgIpc) is 3.12. The highest BCUT2D eigenvalue weighted by atomic mass is 127. The number of guanidine groups is 1. The van der Waals surface area contributed by atoms with Crippen LogP contribution in [0.4, 0.5) is 0 Å². The fourth-order valence-electron chi connectivity index (χ4n) is 3.66. The molecule has 3 nitrogen and oxygen atoms in total. The quantitative estimate of drug-likeness (QED) is 0.461. The first-order chi connectivity index (χ1) is 9.86. The van der Waals surface area contributed by atoms with Crippen LogP contribution in [-0.2, 0) is 6.42 Å². The van der Waals surface area contributed by atoms with Crippen LogP contribution in [0.2, 0.25) is 0 Å². The van der Waals surface area contributed by atoms with Crippen LogP contribution in [0.25, 0.3) is 0 Å². The number of aliphatic imine (C=N–C) groups is 1. The molecule has 21 heavy (non-hydrogen) atoms. The van der Waals surface area contributed by atoms with E-state index in [2.05, 4.69) is 32.7 Å². The topological polar surface area (TPSA) is 27.6 Å². The molecule has 1 N–H and O–H groups in total. The number of hydrogen-bond donors (Lipinski definition) is 1. The van der Waals surface area contributed by atoms with Gasteiger partial charge in [0, 0.05) is 31.6 Å². The van der Waals surface area contributed by atoms with E-state index in [0.29, 0.717) is 0 Å². The van der Waals surface area contributed by atoms with Gasteiger partial charge < -0.3 is 10.2 Å². The molecule has 1 aliphatic carbocycles. The van der Waals surface area contributed by atoms with Crippen molar-refractivity contribution in [2.45, 2.75) is 32.1 Å². The van der Waals surface area contributed by atoms with E-state index in [1.165, 1.54) is 43.6 Å². The first-order valence-corrected chi connectivity index (χ1v) is 8.73. The van der Waals surface area contributed by atoms with Gasteiger partial charge in [0.05, 0.1) is 0 Å². The second-order valence-electron chi connectivity index (χ2n) is 6.01. The van der Waals surface area contributed by atoms with E-state index in [-0.39, 0.29) is 24.0 Å². The lowest BCUT2D eigenvalue weighted by molar-refractivity contribution is 0.299. The standard InChI is InChI=1S/C16H25N3S.HI/c1-17-16(18-9-8-15-7-4-10-20-15)19-11-13-5-2-3-6-14(13)12-19;/h4,7,10,13-14H,2-3,5-6,8-9,11-12H2,1H3,(H,17,18);1H. The number of halogens is 1. The largest absolute Gasteiger partial charge is 0.356 e. The average molecular weight is 419 g/mol. The SMILES string of the molecule is CN=C(NCCc1cccs1)N1CC2CCCCC2C1.I. The van der Waals surface area contributed by atoms with Gasteiger partial charge in [0.25, 0.3) is 0 Å². The summed E-state index contributed by atoms with van der Waals surface area (Å²) in [4.78, 5) is 8.41. The van der Waals surface area contributed by atoms with Crippen molar-refractivity contribution in [2.24, 2.45) is 16.8 Å². The van der Waals surface area contributed by atoms with E-state index >= 15 is 0 Å². The molecule has 0 aromatic carbocycles. The lowest BCUT2D eigenvalue weighted by Crippen LogP contribution is -2.41. The Labute approximate surface area is 149 Å². The van der Waals surface area contributed by atoms with Crippen molar-refractivity contribution in [1.82, 2.24) is 10.2 Å². The molecule has 1 aromatic rings. The highest BCUT2D eigenvalue weighted by molar-refractivity contribution is 14.0. The smallest absolute Gasteiger partial charge is 0.193 e. The number of rotatable bonds is 3. The summed E-state index contributed by atoms with van der Waals surface area (Å²) in [5.41, 5.74) is 0. The van der Waals surface area contributed by atoms with Gasteiger partial charge in [-0.15, -0.1) is 35.3 Å². The highest BCUT2D eigenvalue weighted by Crippen LogP contribution is 2.35. The Bertz CT molecular complexity index is 432. The molecule has 3 rings (SSSR count). The minimum absolute atomic E-state index is 0. The highest BCUT2D eigenvalue weighted by Gasteiger charge is 2.35. The van der Waals surface area contributed by atoms with Gasteiger partial charge in [-0.1, -0.05) is 18.9 Å². The molecular weight excluding hydrogens is 393 g/mol. The Morgan fingerprint density at radius 2 is 2.05 bits per heavy atom. The molecule has 1 saturated carbocycles. The van der Waals surface area contributed by atoms with Crippen molar-refractivity contribution < 1.29 is 0 Å². The third kappa shape index (κ3) is 4.34. The van der Waals surface area contributed by atoms with Crippen molar-refractivity contribution in [3.8, 4) is 0 Å². The van der Waals surface area contributed by atoms with Gasteiger partial charge >= 0.3 is 0 Å². The summed E-state index contributed by atoms with van der Waals surface area (Å²) in [5, 5.41) is 5.69. The Balaban J connectivity index is 0.00000161. The summed E-state index contributed by atoms with van der Waals surface area (Å²) in [6.07, 6.45) is 6.80. The predicted octanol–water partition coefficient (Wildman–Crippen LogP) is 3.61. The van der Waals surface area contributed by atoms with Crippen LogP contribution in [-0.4, -0.2) is 37.5 Å². The summed E-state index contributed by atoms with van der Waals surface area (Å²) in [6.45, 7) is 3.41. The normalized spacial score (nSPS) is 25.4. The van der Waals surface area contributed by atoms with Crippen molar-refractivity contribution in [3.05, 3.63) is 22.4 Å². The lowest BCUT2D eigenvalue weighted by atomic mass is 9.82.